The lowest BCUT2D eigenvalue weighted by atomic mass is 9.93. The van der Waals surface area contributed by atoms with Gasteiger partial charge in [-0.3, -0.25) is 4.79 Å². The van der Waals surface area contributed by atoms with E-state index in [1.807, 2.05) is 6.08 Å². The Bertz CT molecular complexity index is 485. The lowest BCUT2D eigenvalue weighted by Gasteiger charge is -2.17. The second-order valence-corrected chi connectivity index (χ2v) is 4.78. The topological polar surface area (TPSA) is 49.3 Å². The summed E-state index contributed by atoms with van der Waals surface area (Å²) in [6.45, 7) is 0.0351. The van der Waals surface area contributed by atoms with Gasteiger partial charge in [-0.2, -0.15) is 0 Å². The van der Waals surface area contributed by atoms with Gasteiger partial charge in [0.05, 0.1) is 6.61 Å². The Morgan fingerprint density at radius 1 is 1.42 bits per heavy atom. The summed E-state index contributed by atoms with van der Waals surface area (Å²) >= 11 is 0. The number of hydrogen-bond donors (Lipinski definition) is 2. The molecule has 1 aromatic carbocycles. The predicted molar refractivity (Wildman–Crippen MR) is 70.7 cm³/mol. The molecule has 0 radical (unpaired) electrons. The molecule has 3 nitrogen and oxygen atoms in total. The van der Waals surface area contributed by atoms with Crippen LogP contribution in [0.25, 0.3) is 0 Å². The van der Waals surface area contributed by atoms with E-state index in [2.05, 4.69) is 11.4 Å². The molecule has 4 heteroatoms. The van der Waals surface area contributed by atoms with Gasteiger partial charge < -0.3 is 10.4 Å². The molecule has 1 amide bonds. The third-order valence-corrected chi connectivity index (χ3v) is 3.39. The van der Waals surface area contributed by atoms with E-state index in [-0.39, 0.29) is 24.0 Å². The van der Waals surface area contributed by atoms with Gasteiger partial charge in [-0.1, -0.05) is 18.2 Å². The van der Waals surface area contributed by atoms with Gasteiger partial charge in [0.25, 0.3) is 0 Å². The highest BCUT2D eigenvalue weighted by atomic mass is 19.1. The first-order valence-corrected chi connectivity index (χ1v) is 6.51. The van der Waals surface area contributed by atoms with E-state index in [1.54, 1.807) is 12.1 Å². The standard InChI is InChI=1S/C15H18FNO2/c16-14-7-6-11(8-13(14)10-18)9-17-15(19)12-4-2-1-3-5-12/h1-2,6-8,12,18H,3-5,9-10H2,(H,17,19). The average Bonchev–Trinajstić information content (AvgIpc) is 2.47. The van der Waals surface area contributed by atoms with Gasteiger partial charge in [-0.25, -0.2) is 4.39 Å². The van der Waals surface area contributed by atoms with Gasteiger partial charge in [-0.15, -0.1) is 0 Å². The number of nitrogens with one attached hydrogen (secondary N) is 1. The summed E-state index contributed by atoms with van der Waals surface area (Å²) in [5.41, 5.74) is 1.05. The molecule has 0 aliphatic heterocycles. The van der Waals surface area contributed by atoms with E-state index >= 15 is 0 Å². The molecule has 0 fully saturated rings. The molecule has 1 aromatic rings. The monoisotopic (exact) mass is 263 g/mol. The molecule has 102 valence electrons. The van der Waals surface area contributed by atoms with E-state index in [4.69, 9.17) is 5.11 Å². The number of amides is 1. The van der Waals surface area contributed by atoms with Crippen molar-refractivity contribution in [2.45, 2.75) is 32.4 Å². The maximum atomic E-state index is 13.2. The van der Waals surface area contributed by atoms with Crippen molar-refractivity contribution in [3.63, 3.8) is 0 Å². The molecule has 1 aliphatic carbocycles. The summed E-state index contributed by atoms with van der Waals surface area (Å²) in [6.07, 6.45) is 6.75. The zero-order valence-corrected chi connectivity index (χ0v) is 10.7. The number of hydrogen-bond acceptors (Lipinski definition) is 2. The van der Waals surface area contributed by atoms with Crippen molar-refractivity contribution in [1.82, 2.24) is 5.32 Å². The number of rotatable bonds is 4. The molecule has 0 heterocycles. The molecule has 0 saturated heterocycles. The van der Waals surface area contributed by atoms with Crippen molar-refractivity contribution in [1.29, 1.82) is 0 Å². The molecule has 19 heavy (non-hydrogen) atoms. The predicted octanol–water partition coefficient (Wildman–Crippen LogP) is 2.29. The number of aliphatic hydroxyl groups excluding tert-OH is 1. The minimum atomic E-state index is -0.421. The molecule has 2 rings (SSSR count). The zero-order chi connectivity index (χ0) is 13.7. The number of carbonyl (C=O) groups excluding carboxylic acids is 1. The van der Waals surface area contributed by atoms with E-state index in [1.165, 1.54) is 6.07 Å². The van der Waals surface area contributed by atoms with Gasteiger partial charge in [0.15, 0.2) is 0 Å². The first kappa shape index (κ1) is 13.7. The van der Waals surface area contributed by atoms with E-state index in [0.717, 1.165) is 24.8 Å². The zero-order valence-electron chi connectivity index (χ0n) is 10.7. The highest BCUT2D eigenvalue weighted by Crippen LogP contribution is 2.18. The molecule has 2 N–H and O–H groups in total. The number of carbonyl (C=O) groups is 1. The molecule has 1 aliphatic rings. The molecule has 0 aromatic heterocycles. The fraction of sp³-hybridized carbons (Fsp3) is 0.400. The first-order valence-electron chi connectivity index (χ1n) is 6.51. The fourth-order valence-electron chi connectivity index (χ4n) is 2.22. The van der Waals surface area contributed by atoms with Crippen LogP contribution in [-0.4, -0.2) is 11.0 Å². The summed E-state index contributed by atoms with van der Waals surface area (Å²) in [4.78, 5) is 11.9. The van der Waals surface area contributed by atoms with Crippen LogP contribution in [0.5, 0.6) is 0 Å². The summed E-state index contributed by atoms with van der Waals surface area (Å²) in [6, 6.07) is 4.52. The van der Waals surface area contributed by atoms with Gasteiger partial charge >= 0.3 is 0 Å². The lowest BCUT2D eigenvalue weighted by Crippen LogP contribution is -2.30. The number of aliphatic hydroxyl groups is 1. The van der Waals surface area contributed by atoms with Crippen molar-refractivity contribution >= 4 is 5.91 Å². The Morgan fingerprint density at radius 2 is 2.26 bits per heavy atom. The Morgan fingerprint density at radius 3 is 2.95 bits per heavy atom. The quantitative estimate of drug-likeness (QED) is 0.819. The van der Waals surface area contributed by atoms with Gasteiger partial charge in [0, 0.05) is 18.0 Å². The van der Waals surface area contributed by atoms with E-state index in [0.29, 0.717) is 6.54 Å². The van der Waals surface area contributed by atoms with Crippen LogP contribution in [0.15, 0.2) is 30.4 Å². The van der Waals surface area contributed by atoms with Gasteiger partial charge in [0.1, 0.15) is 5.82 Å². The molecule has 1 unspecified atom stereocenters. The van der Waals surface area contributed by atoms with Gasteiger partial charge in [-0.05, 0) is 37.0 Å². The number of allylic oxidation sites excluding steroid dienone is 2. The molecular weight excluding hydrogens is 245 g/mol. The van der Waals surface area contributed by atoms with Crippen molar-refractivity contribution in [2.24, 2.45) is 5.92 Å². The second kappa shape index (κ2) is 6.48. The second-order valence-electron chi connectivity index (χ2n) is 4.78. The molecule has 1 atom stereocenters. The van der Waals surface area contributed by atoms with Crippen molar-refractivity contribution < 1.29 is 14.3 Å². The van der Waals surface area contributed by atoms with Crippen LogP contribution in [0.3, 0.4) is 0 Å². The Balaban J connectivity index is 1.91. The van der Waals surface area contributed by atoms with Crippen LogP contribution >= 0.6 is 0 Å². The molecular formula is C15H18FNO2. The summed E-state index contributed by atoms with van der Waals surface area (Å²) < 4.78 is 13.2. The molecule has 0 bridgehead atoms. The van der Waals surface area contributed by atoms with Crippen molar-refractivity contribution in [3.05, 3.63) is 47.3 Å². The van der Waals surface area contributed by atoms with E-state index < -0.39 is 5.82 Å². The first-order chi connectivity index (χ1) is 9.20. The normalized spacial score (nSPS) is 18.3. The summed E-state index contributed by atoms with van der Waals surface area (Å²) in [7, 11) is 0. The highest BCUT2D eigenvalue weighted by Gasteiger charge is 2.18. The van der Waals surface area contributed by atoms with Crippen molar-refractivity contribution in [3.8, 4) is 0 Å². The maximum Gasteiger partial charge on any atom is 0.223 e. The Kier molecular flexibility index (Phi) is 4.68. The van der Waals surface area contributed by atoms with Crippen LogP contribution in [-0.2, 0) is 17.9 Å². The fourth-order valence-corrected chi connectivity index (χ4v) is 2.22. The SMILES string of the molecule is O=C(NCc1ccc(F)c(CO)c1)C1CC=CCC1. The summed E-state index contributed by atoms with van der Waals surface area (Å²) in [5, 5.41) is 11.9. The summed E-state index contributed by atoms with van der Waals surface area (Å²) in [5.74, 6) is -0.336. The third kappa shape index (κ3) is 3.64. The Labute approximate surface area is 112 Å². The van der Waals surface area contributed by atoms with Crippen LogP contribution in [0.4, 0.5) is 4.39 Å². The van der Waals surface area contributed by atoms with Crippen LogP contribution in [0.2, 0.25) is 0 Å². The number of benzene rings is 1. The maximum absolute atomic E-state index is 13.2. The Hall–Kier alpha value is -1.68. The minimum Gasteiger partial charge on any atom is -0.392 e. The highest BCUT2D eigenvalue weighted by molar-refractivity contribution is 5.78. The van der Waals surface area contributed by atoms with Crippen LogP contribution in [0, 0.1) is 11.7 Å². The third-order valence-electron chi connectivity index (χ3n) is 3.39. The average molecular weight is 263 g/mol. The smallest absolute Gasteiger partial charge is 0.223 e. The molecule has 0 saturated carbocycles. The van der Waals surface area contributed by atoms with E-state index in [9.17, 15) is 9.18 Å². The van der Waals surface area contributed by atoms with Crippen LogP contribution in [0.1, 0.15) is 30.4 Å². The molecule has 0 spiro atoms. The number of halogens is 1. The minimum absolute atomic E-state index is 0.0409. The van der Waals surface area contributed by atoms with Crippen molar-refractivity contribution in [2.75, 3.05) is 0 Å². The van der Waals surface area contributed by atoms with Crippen LogP contribution < -0.4 is 5.32 Å². The largest absolute Gasteiger partial charge is 0.392 e. The van der Waals surface area contributed by atoms with Gasteiger partial charge in [0.2, 0.25) is 5.91 Å². The lowest BCUT2D eigenvalue weighted by molar-refractivity contribution is -0.125.